The van der Waals surface area contributed by atoms with Gasteiger partial charge in [-0.25, -0.2) is 19.3 Å². The maximum atomic E-state index is 12.3. The monoisotopic (exact) mass is 338 g/mol. The van der Waals surface area contributed by atoms with Crippen LogP contribution in [0.3, 0.4) is 0 Å². The average Bonchev–Trinajstić information content (AvgIpc) is 3.21. The molecule has 0 radical (unpaired) electrons. The minimum atomic E-state index is -0.743. The van der Waals surface area contributed by atoms with Crippen LogP contribution in [0, 0.1) is 0 Å². The van der Waals surface area contributed by atoms with E-state index in [2.05, 4.69) is 19.9 Å². The molecule has 0 aliphatic rings. The maximum Gasteiger partial charge on any atom is 0.333 e. The van der Waals surface area contributed by atoms with Crippen molar-refractivity contribution >= 4 is 28.4 Å². The van der Waals surface area contributed by atoms with Crippen molar-refractivity contribution in [3.05, 3.63) is 58.2 Å². The number of aromatic nitrogens is 5. The fraction of sp³-hybridized carbons (Fsp3) is 0. The Morgan fingerprint density at radius 1 is 1.25 bits per heavy atom. The molecule has 4 aromatic rings. The molecule has 0 saturated carbocycles. The molecule has 0 spiro atoms. The van der Waals surface area contributed by atoms with E-state index in [1.807, 2.05) is 11.4 Å². The number of primary amides is 1. The summed E-state index contributed by atoms with van der Waals surface area (Å²) in [5, 5.41) is 2.52. The van der Waals surface area contributed by atoms with Gasteiger partial charge in [-0.2, -0.15) is 0 Å². The van der Waals surface area contributed by atoms with Crippen molar-refractivity contribution in [1.29, 1.82) is 0 Å². The third-order valence-electron chi connectivity index (χ3n) is 3.42. The molecule has 0 aromatic carbocycles. The molecule has 1 amide bonds. The summed E-state index contributed by atoms with van der Waals surface area (Å²) in [6.45, 7) is 0. The highest BCUT2D eigenvalue weighted by atomic mass is 32.1. The number of hydrogen-bond donors (Lipinski definition) is 2. The summed E-state index contributed by atoms with van der Waals surface area (Å²) in [4.78, 5) is 39.4. The van der Waals surface area contributed by atoms with Gasteiger partial charge in [0.05, 0.1) is 0 Å². The molecule has 0 bridgehead atoms. The molecular formula is C15H10N6O2S. The zero-order chi connectivity index (χ0) is 16.7. The van der Waals surface area contributed by atoms with Crippen molar-refractivity contribution in [1.82, 2.24) is 24.5 Å². The van der Waals surface area contributed by atoms with Gasteiger partial charge in [-0.3, -0.25) is 9.78 Å². The Labute approximate surface area is 138 Å². The van der Waals surface area contributed by atoms with E-state index in [1.165, 1.54) is 15.9 Å². The molecule has 0 aliphatic carbocycles. The topological polar surface area (TPSA) is 120 Å². The molecule has 0 saturated heterocycles. The number of amides is 1. The van der Waals surface area contributed by atoms with E-state index in [4.69, 9.17) is 5.73 Å². The molecule has 4 rings (SSSR count). The lowest BCUT2D eigenvalue weighted by molar-refractivity contribution is 0.0997. The Bertz CT molecular complexity index is 1100. The zero-order valence-corrected chi connectivity index (χ0v) is 12.9. The number of carbonyl (C=O) groups is 1. The summed E-state index contributed by atoms with van der Waals surface area (Å²) >= 11 is 1.38. The van der Waals surface area contributed by atoms with Gasteiger partial charge in [0.25, 0.3) is 5.91 Å². The Hall–Kier alpha value is -3.33. The van der Waals surface area contributed by atoms with Crippen LogP contribution in [0.15, 0.2) is 46.8 Å². The smallest absolute Gasteiger partial charge is 0.333 e. The molecule has 24 heavy (non-hydrogen) atoms. The standard InChI is InChI=1S/C15H10N6O2S/c16-12(22)10-11-14(20-13(18-10)8-3-1-5-17-7-8)21(15(23)19-11)9-4-2-6-24-9/h1-7H,(H2,16,22)(H,19,23). The lowest BCUT2D eigenvalue weighted by Crippen LogP contribution is -2.15. The van der Waals surface area contributed by atoms with Crippen LogP contribution in [0.2, 0.25) is 0 Å². The Morgan fingerprint density at radius 2 is 2.12 bits per heavy atom. The molecule has 0 fully saturated rings. The molecule has 0 atom stereocenters. The maximum absolute atomic E-state index is 12.3. The second kappa shape index (κ2) is 5.39. The van der Waals surface area contributed by atoms with E-state index < -0.39 is 11.6 Å². The number of fused-ring (bicyclic) bond motifs is 1. The van der Waals surface area contributed by atoms with E-state index in [1.54, 1.807) is 30.6 Å². The number of thiophene rings is 1. The highest BCUT2D eigenvalue weighted by Gasteiger charge is 2.20. The lowest BCUT2D eigenvalue weighted by atomic mass is 10.2. The molecule has 0 unspecified atom stereocenters. The molecule has 4 aromatic heterocycles. The quantitative estimate of drug-likeness (QED) is 0.584. The molecule has 3 N–H and O–H groups in total. The minimum Gasteiger partial charge on any atom is -0.364 e. The predicted octanol–water partition coefficient (Wildman–Crippen LogP) is 1.33. The number of hydrogen-bond acceptors (Lipinski definition) is 6. The zero-order valence-electron chi connectivity index (χ0n) is 12.1. The van der Waals surface area contributed by atoms with E-state index in [9.17, 15) is 9.59 Å². The first-order valence-corrected chi connectivity index (χ1v) is 7.80. The number of aromatic amines is 1. The number of imidazole rings is 1. The number of H-pyrrole nitrogens is 1. The van der Waals surface area contributed by atoms with Gasteiger partial charge in [-0.15, -0.1) is 11.3 Å². The molecule has 4 heterocycles. The van der Waals surface area contributed by atoms with Gasteiger partial charge >= 0.3 is 5.69 Å². The number of nitrogens with one attached hydrogen (secondary N) is 1. The number of nitrogens with two attached hydrogens (primary N) is 1. The van der Waals surface area contributed by atoms with Crippen molar-refractivity contribution in [2.24, 2.45) is 5.73 Å². The molecular weight excluding hydrogens is 328 g/mol. The highest BCUT2D eigenvalue weighted by molar-refractivity contribution is 7.12. The lowest BCUT2D eigenvalue weighted by Gasteiger charge is -2.04. The van der Waals surface area contributed by atoms with Gasteiger partial charge in [-0.05, 0) is 29.6 Å². The van der Waals surface area contributed by atoms with Crippen molar-refractivity contribution < 1.29 is 4.79 Å². The highest BCUT2D eigenvalue weighted by Crippen LogP contribution is 2.22. The van der Waals surface area contributed by atoms with Gasteiger partial charge in [0, 0.05) is 18.0 Å². The normalized spacial score (nSPS) is 11.0. The summed E-state index contributed by atoms with van der Waals surface area (Å²) in [7, 11) is 0. The minimum absolute atomic E-state index is 0.0359. The van der Waals surface area contributed by atoms with Crippen LogP contribution < -0.4 is 11.4 Å². The third kappa shape index (κ3) is 2.18. The number of nitrogens with zero attached hydrogens (tertiary/aromatic N) is 4. The molecule has 118 valence electrons. The van der Waals surface area contributed by atoms with Crippen molar-refractivity contribution in [2.75, 3.05) is 0 Å². The van der Waals surface area contributed by atoms with Crippen molar-refractivity contribution in [3.63, 3.8) is 0 Å². The van der Waals surface area contributed by atoms with Crippen LogP contribution in [0.1, 0.15) is 10.5 Å². The fourth-order valence-electron chi connectivity index (χ4n) is 2.39. The third-order valence-corrected chi connectivity index (χ3v) is 4.27. The van der Waals surface area contributed by atoms with E-state index >= 15 is 0 Å². The average molecular weight is 338 g/mol. The molecule has 8 nitrogen and oxygen atoms in total. The number of rotatable bonds is 3. The summed E-state index contributed by atoms with van der Waals surface area (Å²) < 4.78 is 1.40. The van der Waals surface area contributed by atoms with Gasteiger partial charge in [0.1, 0.15) is 10.5 Å². The molecule has 9 heteroatoms. The Kier molecular flexibility index (Phi) is 3.21. The van der Waals surface area contributed by atoms with Crippen LogP contribution in [-0.2, 0) is 0 Å². The van der Waals surface area contributed by atoms with Gasteiger partial charge in [0.15, 0.2) is 17.2 Å². The van der Waals surface area contributed by atoms with E-state index in [0.717, 1.165) is 0 Å². The first-order chi connectivity index (χ1) is 11.6. The second-order valence-corrected chi connectivity index (χ2v) is 5.84. The largest absolute Gasteiger partial charge is 0.364 e. The number of pyridine rings is 1. The van der Waals surface area contributed by atoms with Crippen LogP contribution in [0.25, 0.3) is 27.6 Å². The van der Waals surface area contributed by atoms with Crippen LogP contribution in [0.4, 0.5) is 0 Å². The first-order valence-electron chi connectivity index (χ1n) is 6.92. The van der Waals surface area contributed by atoms with Crippen molar-refractivity contribution in [2.45, 2.75) is 0 Å². The summed E-state index contributed by atoms with van der Waals surface area (Å²) in [5.74, 6) is -0.471. The predicted molar refractivity (Wildman–Crippen MR) is 89.1 cm³/mol. The van der Waals surface area contributed by atoms with Gasteiger partial charge < -0.3 is 10.7 Å². The summed E-state index contributed by atoms with van der Waals surface area (Å²) in [5.41, 5.74) is 6.12. The summed E-state index contributed by atoms with van der Waals surface area (Å²) in [6.07, 6.45) is 3.20. The van der Waals surface area contributed by atoms with Crippen LogP contribution in [-0.4, -0.2) is 30.4 Å². The Morgan fingerprint density at radius 3 is 2.79 bits per heavy atom. The Balaban J connectivity index is 2.10. The second-order valence-electron chi connectivity index (χ2n) is 4.92. The SMILES string of the molecule is NC(=O)c1nc(-c2cccnc2)nc2c1[nH]c(=O)n2-c1cccs1. The first kappa shape index (κ1) is 14.3. The van der Waals surface area contributed by atoms with Crippen LogP contribution >= 0.6 is 11.3 Å². The summed E-state index contributed by atoms with van der Waals surface area (Å²) in [6, 6.07) is 7.11. The van der Waals surface area contributed by atoms with Gasteiger partial charge in [0.2, 0.25) is 0 Å². The van der Waals surface area contributed by atoms with Crippen molar-refractivity contribution in [3.8, 4) is 16.4 Å². The fourth-order valence-corrected chi connectivity index (χ4v) is 3.12. The number of carbonyl (C=O) groups excluding carboxylic acids is 1. The molecule has 0 aliphatic heterocycles. The van der Waals surface area contributed by atoms with Crippen LogP contribution in [0.5, 0.6) is 0 Å². The van der Waals surface area contributed by atoms with Gasteiger partial charge in [-0.1, -0.05) is 0 Å². The van der Waals surface area contributed by atoms with E-state index in [0.29, 0.717) is 16.2 Å². The van der Waals surface area contributed by atoms with E-state index in [-0.39, 0.29) is 17.0 Å².